The molecule has 0 bridgehead atoms. The first kappa shape index (κ1) is 18.5. The van der Waals surface area contributed by atoms with Crippen molar-refractivity contribution < 1.29 is 35.8 Å². The van der Waals surface area contributed by atoms with Gasteiger partial charge in [0.15, 0.2) is 0 Å². The second-order valence-corrected chi connectivity index (χ2v) is 4.96. The van der Waals surface area contributed by atoms with Gasteiger partial charge in [-0.3, -0.25) is 0 Å². The maximum atomic E-state index is 12.3. The van der Waals surface area contributed by atoms with E-state index in [9.17, 15) is 26.3 Å². The van der Waals surface area contributed by atoms with Crippen LogP contribution in [-0.4, -0.2) is 50.4 Å². The number of rotatable bonds is 7. The summed E-state index contributed by atoms with van der Waals surface area (Å²) in [4.78, 5) is 0. The van der Waals surface area contributed by atoms with E-state index in [1.165, 1.54) is 0 Å². The van der Waals surface area contributed by atoms with Crippen molar-refractivity contribution in [2.45, 2.75) is 56.9 Å². The fraction of sp³-hybridized carbons (Fsp3) is 1.00. The normalized spacial score (nSPS) is 24.0. The molecule has 3 nitrogen and oxygen atoms in total. The summed E-state index contributed by atoms with van der Waals surface area (Å²) in [6.07, 6.45) is -13.7. The zero-order chi connectivity index (χ0) is 16.1. The summed E-state index contributed by atoms with van der Waals surface area (Å²) >= 11 is 0. The number of halogens is 6. The summed E-state index contributed by atoms with van der Waals surface area (Å²) < 4.78 is 83.1. The minimum atomic E-state index is -5.47. The second-order valence-electron chi connectivity index (χ2n) is 4.96. The van der Waals surface area contributed by atoms with Crippen LogP contribution in [0.3, 0.4) is 0 Å². The maximum Gasteiger partial charge on any atom is 0.423 e. The van der Waals surface area contributed by atoms with Crippen LogP contribution in [0.25, 0.3) is 0 Å². The van der Waals surface area contributed by atoms with Crippen LogP contribution in [0.5, 0.6) is 0 Å². The zero-order valence-electron chi connectivity index (χ0n) is 11.6. The van der Waals surface area contributed by atoms with Gasteiger partial charge in [0.2, 0.25) is 6.10 Å². The summed E-state index contributed by atoms with van der Waals surface area (Å²) in [5, 5.41) is 3.09. The van der Waals surface area contributed by atoms with Crippen LogP contribution >= 0.6 is 0 Å². The van der Waals surface area contributed by atoms with Gasteiger partial charge in [-0.05, 0) is 25.8 Å². The first-order valence-corrected chi connectivity index (χ1v) is 6.75. The Labute approximate surface area is 119 Å². The van der Waals surface area contributed by atoms with Gasteiger partial charge in [0.25, 0.3) is 0 Å². The van der Waals surface area contributed by atoms with Crippen molar-refractivity contribution in [3.63, 3.8) is 0 Å². The van der Waals surface area contributed by atoms with Gasteiger partial charge >= 0.3 is 12.4 Å². The molecule has 0 amide bonds. The van der Waals surface area contributed by atoms with Crippen LogP contribution in [0.4, 0.5) is 26.3 Å². The lowest BCUT2D eigenvalue weighted by Crippen LogP contribution is -2.45. The fourth-order valence-electron chi connectivity index (χ4n) is 2.07. The molecule has 21 heavy (non-hydrogen) atoms. The van der Waals surface area contributed by atoms with E-state index in [1.807, 2.05) is 6.92 Å². The molecule has 1 heterocycles. The first-order chi connectivity index (χ1) is 9.64. The third kappa shape index (κ3) is 6.39. The van der Waals surface area contributed by atoms with E-state index in [-0.39, 0.29) is 6.10 Å². The van der Waals surface area contributed by atoms with Crippen molar-refractivity contribution in [3.05, 3.63) is 0 Å². The van der Waals surface area contributed by atoms with Crippen LogP contribution in [0.1, 0.15) is 26.2 Å². The lowest BCUT2D eigenvalue weighted by Gasteiger charge is -2.24. The van der Waals surface area contributed by atoms with Gasteiger partial charge in [0.1, 0.15) is 0 Å². The second kappa shape index (κ2) is 7.64. The molecule has 1 aliphatic heterocycles. The van der Waals surface area contributed by atoms with Gasteiger partial charge < -0.3 is 14.8 Å². The van der Waals surface area contributed by atoms with Crippen molar-refractivity contribution in [1.82, 2.24) is 5.32 Å². The smallest absolute Gasteiger partial charge is 0.371 e. The predicted octanol–water partition coefficient (Wildman–Crippen LogP) is 3.04. The highest BCUT2D eigenvalue weighted by molar-refractivity contribution is 4.79. The Balaban J connectivity index is 2.37. The van der Waals surface area contributed by atoms with E-state index in [1.54, 1.807) is 0 Å². The minimum Gasteiger partial charge on any atom is -0.371 e. The van der Waals surface area contributed by atoms with E-state index in [2.05, 4.69) is 10.1 Å². The van der Waals surface area contributed by atoms with Crippen molar-refractivity contribution in [2.24, 2.45) is 0 Å². The van der Waals surface area contributed by atoms with E-state index in [0.717, 1.165) is 13.0 Å². The lowest BCUT2D eigenvalue weighted by molar-refractivity contribution is -0.324. The Morgan fingerprint density at radius 3 is 2.19 bits per heavy atom. The molecular formula is C12H19F6NO2. The largest absolute Gasteiger partial charge is 0.423 e. The molecule has 126 valence electrons. The number of ether oxygens (including phenoxy) is 2. The molecule has 9 heteroatoms. The molecular weight excluding hydrogens is 304 g/mol. The molecule has 0 spiro atoms. The van der Waals surface area contributed by atoms with Crippen LogP contribution < -0.4 is 5.32 Å². The average Bonchev–Trinajstić information content (AvgIpc) is 2.74. The fourth-order valence-corrected chi connectivity index (χ4v) is 2.07. The Bertz CT molecular complexity index is 293. The zero-order valence-corrected chi connectivity index (χ0v) is 11.6. The highest BCUT2D eigenvalue weighted by atomic mass is 19.4. The van der Waals surface area contributed by atoms with Crippen LogP contribution in [0, 0.1) is 0 Å². The van der Waals surface area contributed by atoms with Crippen molar-refractivity contribution in [1.29, 1.82) is 0 Å². The topological polar surface area (TPSA) is 30.5 Å². The molecule has 0 radical (unpaired) electrons. The number of hydrogen-bond donors (Lipinski definition) is 1. The Morgan fingerprint density at radius 1 is 1.10 bits per heavy atom. The van der Waals surface area contributed by atoms with E-state index >= 15 is 0 Å². The maximum absolute atomic E-state index is 12.3. The average molecular weight is 323 g/mol. The first-order valence-electron chi connectivity index (χ1n) is 6.75. The molecule has 2 atom stereocenters. The van der Waals surface area contributed by atoms with Gasteiger partial charge in [-0.25, -0.2) is 0 Å². The summed E-state index contributed by atoms with van der Waals surface area (Å²) in [5.41, 5.74) is 0. The van der Waals surface area contributed by atoms with Crippen LogP contribution in [0.15, 0.2) is 0 Å². The number of alkyl halides is 6. The predicted molar refractivity (Wildman–Crippen MR) is 62.9 cm³/mol. The number of nitrogens with one attached hydrogen (secondary N) is 1. The van der Waals surface area contributed by atoms with Crippen molar-refractivity contribution >= 4 is 0 Å². The third-order valence-electron chi connectivity index (χ3n) is 3.04. The number of hydrogen-bond acceptors (Lipinski definition) is 3. The summed E-state index contributed by atoms with van der Waals surface area (Å²) in [6.45, 7) is 2.58. The molecule has 1 aliphatic rings. The summed E-state index contributed by atoms with van der Waals surface area (Å²) in [7, 11) is 0. The highest BCUT2D eigenvalue weighted by Gasteiger charge is 2.58. The molecule has 1 N–H and O–H groups in total. The van der Waals surface area contributed by atoms with Crippen molar-refractivity contribution in [2.75, 3.05) is 19.7 Å². The lowest BCUT2D eigenvalue weighted by atomic mass is 10.2. The molecule has 0 aromatic carbocycles. The van der Waals surface area contributed by atoms with Gasteiger partial charge in [0, 0.05) is 6.54 Å². The molecule has 1 fully saturated rings. The van der Waals surface area contributed by atoms with Gasteiger partial charge in [-0.2, -0.15) is 26.3 Å². The molecule has 0 aromatic rings. The molecule has 2 unspecified atom stereocenters. The SMILES string of the molecule is CCCNCC1CCC(COC(C(F)(F)F)C(F)(F)F)O1. The van der Waals surface area contributed by atoms with E-state index in [0.29, 0.717) is 19.4 Å². The molecule has 0 aromatic heterocycles. The van der Waals surface area contributed by atoms with Gasteiger partial charge in [-0.1, -0.05) is 6.92 Å². The van der Waals surface area contributed by atoms with E-state index in [4.69, 9.17) is 4.74 Å². The molecule has 0 saturated carbocycles. The molecule has 1 saturated heterocycles. The third-order valence-corrected chi connectivity index (χ3v) is 3.04. The highest BCUT2D eigenvalue weighted by Crippen LogP contribution is 2.36. The van der Waals surface area contributed by atoms with Gasteiger partial charge in [-0.15, -0.1) is 0 Å². The van der Waals surface area contributed by atoms with Crippen molar-refractivity contribution in [3.8, 4) is 0 Å². The monoisotopic (exact) mass is 323 g/mol. The Kier molecular flexibility index (Phi) is 6.73. The molecule has 0 aliphatic carbocycles. The Morgan fingerprint density at radius 2 is 1.67 bits per heavy atom. The van der Waals surface area contributed by atoms with E-state index < -0.39 is 31.2 Å². The molecule has 1 rings (SSSR count). The quantitative estimate of drug-likeness (QED) is 0.577. The van der Waals surface area contributed by atoms with Gasteiger partial charge in [0.05, 0.1) is 18.8 Å². The standard InChI is InChI=1S/C12H19F6NO2/c1-2-5-19-6-8-3-4-9(21-8)7-20-10(11(13,14)15)12(16,17)18/h8-10,19H,2-7H2,1H3. The minimum absolute atomic E-state index is 0.194. The van der Waals surface area contributed by atoms with Crippen LogP contribution in [-0.2, 0) is 9.47 Å². The Hall–Kier alpha value is -0.540. The summed E-state index contributed by atoms with van der Waals surface area (Å²) in [5.74, 6) is 0. The van der Waals surface area contributed by atoms with Crippen LogP contribution in [0.2, 0.25) is 0 Å². The summed E-state index contributed by atoms with van der Waals surface area (Å²) in [6, 6.07) is 0.